The maximum atomic E-state index is 12.8. The van der Waals surface area contributed by atoms with Crippen molar-refractivity contribution >= 4 is 45.1 Å². The highest BCUT2D eigenvalue weighted by atomic mass is 32.1. The standard InChI is InChI=1S/C21H19N3O3S/c25-19(9-10-20-23-17-7-3-4-8-18(17)28-20)22-16-6-2-1-5-15(16)21(26)24-11-13-27-14-12-24/h1-10H,11-14H2,(H,22,25)/b10-9+. The highest BCUT2D eigenvalue weighted by Crippen LogP contribution is 2.23. The van der Waals surface area contributed by atoms with E-state index in [2.05, 4.69) is 10.3 Å². The van der Waals surface area contributed by atoms with Crippen molar-refractivity contribution in [3.05, 3.63) is 65.2 Å². The van der Waals surface area contributed by atoms with Crippen molar-refractivity contribution in [3.8, 4) is 0 Å². The van der Waals surface area contributed by atoms with Crippen molar-refractivity contribution in [2.45, 2.75) is 0 Å². The number of benzene rings is 2. The molecule has 1 saturated heterocycles. The second-order valence-corrected chi connectivity index (χ2v) is 7.35. The van der Waals surface area contributed by atoms with Crippen LogP contribution < -0.4 is 5.32 Å². The highest BCUT2D eigenvalue weighted by Gasteiger charge is 2.21. The van der Waals surface area contributed by atoms with E-state index in [1.807, 2.05) is 24.3 Å². The number of hydrogen-bond acceptors (Lipinski definition) is 5. The topological polar surface area (TPSA) is 71.5 Å². The largest absolute Gasteiger partial charge is 0.378 e. The summed E-state index contributed by atoms with van der Waals surface area (Å²) in [4.78, 5) is 31.4. The third kappa shape index (κ3) is 4.11. The Morgan fingerprint density at radius 3 is 2.64 bits per heavy atom. The zero-order valence-electron chi connectivity index (χ0n) is 15.1. The number of fused-ring (bicyclic) bond motifs is 1. The molecule has 0 spiro atoms. The summed E-state index contributed by atoms with van der Waals surface area (Å²) in [5, 5.41) is 3.57. The van der Waals surface area contributed by atoms with Gasteiger partial charge < -0.3 is 15.0 Å². The normalized spacial score (nSPS) is 14.5. The number of amides is 2. The zero-order valence-corrected chi connectivity index (χ0v) is 15.9. The molecule has 2 aromatic carbocycles. The maximum absolute atomic E-state index is 12.8. The number of carbonyl (C=O) groups excluding carboxylic acids is 2. The third-order valence-electron chi connectivity index (χ3n) is 4.40. The van der Waals surface area contributed by atoms with Crippen molar-refractivity contribution in [2.75, 3.05) is 31.6 Å². The third-order valence-corrected chi connectivity index (χ3v) is 5.40. The molecule has 1 aliphatic heterocycles. The summed E-state index contributed by atoms with van der Waals surface area (Å²) in [6.45, 7) is 2.17. The minimum absolute atomic E-state index is 0.102. The van der Waals surface area contributed by atoms with Gasteiger partial charge in [-0.1, -0.05) is 24.3 Å². The number of morpholine rings is 1. The van der Waals surface area contributed by atoms with Crippen LogP contribution in [0.25, 0.3) is 16.3 Å². The molecule has 2 heterocycles. The van der Waals surface area contributed by atoms with E-state index >= 15 is 0 Å². The molecule has 0 atom stereocenters. The average Bonchev–Trinajstić information content (AvgIpc) is 3.16. The van der Waals surface area contributed by atoms with E-state index in [0.717, 1.165) is 15.2 Å². The fourth-order valence-corrected chi connectivity index (χ4v) is 3.87. The van der Waals surface area contributed by atoms with Gasteiger partial charge in [0.25, 0.3) is 5.91 Å². The van der Waals surface area contributed by atoms with E-state index in [1.165, 1.54) is 17.4 Å². The molecule has 0 radical (unpaired) electrons. The number of para-hydroxylation sites is 2. The molecule has 1 N–H and O–H groups in total. The number of nitrogens with zero attached hydrogens (tertiary/aromatic N) is 2. The van der Waals surface area contributed by atoms with Gasteiger partial charge in [0.15, 0.2) is 0 Å². The van der Waals surface area contributed by atoms with E-state index in [-0.39, 0.29) is 11.8 Å². The van der Waals surface area contributed by atoms with Gasteiger partial charge in [0, 0.05) is 19.2 Å². The van der Waals surface area contributed by atoms with Gasteiger partial charge in [-0.25, -0.2) is 4.98 Å². The molecular weight excluding hydrogens is 374 g/mol. The predicted molar refractivity (Wildman–Crippen MR) is 110 cm³/mol. The summed E-state index contributed by atoms with van der Waals surface area (Å²) in [6.07, 6.45) is 3.13. The molecule has 1 fully saturated rings. The van der Waals surface area contributed by atoms with Crippen LogP contribution in [0.4, 0.5) is 5.69 Å². The van der Waals surface area contributed by atoms with Crippen LogP contribution in [-0.2, 0) is 9.53 Å². The zero-order chi connectivity index (χ0) is 19.3. The summed E-state index contributed by atoms with van der Waals surface area (Å²) in [6, 6.07) is 14.9. The van der Waals surface area contributed by atoms with Crippen molar-refractivity contribution in [3.63, 3.8) is 0 Å². The minimum Gasteiger partial charge on any atom is -0.378 e. The van der Waals surface area contributed by atoms with Crippen molar-refractivity contribution in [2.24, 2.45) is 0 Å². The van der Waals surface area contributed by atoms with Gasteiger partial charge in [-0.2, -0.15) is 0 Å². The van der Waals surface area contributed by atoms with E-state index in [4.69, 9.17) is 4.74 Å². The summed E-state index contributed by atoms with van der Waals surface area (Å²) in [5.41, 5.74) is 1.89. The Kier molecular flexibility index (Phi) is 5.45. The van der Waals surface area contributed by atoms with E-state index in [9.17, 15) is 9.59 Å². The smallest absolute Gasteiger partial charge is 0.256 e. The van der Waals surface area contributed by atoms with Crippen LogP contribution in [0.2, 0.25) is 0 Å². The van der Waals surface area contributed by atoms with E-state index < -0.39 is 0 Å². The van der Waals surface area contributed by atoms with Gasteiger partial charge in [0.05, 0.1) is 34.7 Å². The Balaban J connectivity index is 1.47. The van der Waals surface area contributed by atoms with E-state index in [1.54, 1.807) is 35.2 Å². The molecule has 0 bridgehead atoms. The Morgan fingerprint density at radius 1 is 1.07 bits per heavy atom. The van der Waals surface area contributed by atoms with Crippen LogP contribution >= 0.6 is 11.3 Å². The molecule has 2 amide bonds. The molecule has 3 aromatic rings. The predicted octanol–water partition coefficient (Wildman–Crippen LogP) is 3.42. The monoisotopic (exact) mass is 393 g/mol. The number of rotatable bonds is 4. The lowest BCUT2D eigenvalue weighted by Crippen LogP contribution is -2.41. The first-order valence-corrected chi connectivity index (χ1v) is 9.83. The number of nitrogens with one attached hydrogen (secondary N) is 1. The number of thiazole rings is 1. The first-order valence-electron chi connectivity index (χ1n) is 9.01. The molecule has 7 heteroatoms. The number of ether oxygens (including phenoxy) is 1. The van der Waals surface area contributed by atoms with Crippen LogP contribution in [0.15, 0.2) is 54.6 Å². The SMILES string of the molecule is O=C(/C=C/c1nc2ccccc2s1)Nc1ccccc1C(=O)N1CCOCC1. The van der Waals surface area contributed by atoms with Gasteiger partial charge in [-0.3, -0.25) is 9.59 Å². The Bertz CT molecular complexity index is 1010. The number of carbonyl (C=O) groups is 2. The lowest BCUT2D eigenvalue weighted by Gasteiger charge is -2.27. The molecule has 1 aliphatic rings. The molecule has 28 heavy (non-hydrogen) atoms. The lowest BCUT2D eigenvalue weighted by molar-refractivity contribution is -0.111. The fraction of sp³-hybridized carbons (Fsp3) is 0.190. The summed E-state index contributed by atoms with van der Waals surface area (Å²) in [5.74, 6) is -0.407. The summed E-state index contributed by atoms with van der Waals surface area (Å²) >= 11 is 1.52. The number of anilines is 1. The molecule has 6 nitrogen and oxygen atoms in total. The quantitative estimate of drug-likeness (QED) is 0.690. The van der Waals surface area contributed by atoms with Gasteiger partial charge >= 0.3 is 0 Å². The van der Waals surface area contributed by atoms with Gasteiger partial charge in [-0.05, 0) is 30.3 Å². The second-order valence-electron chi connectivity index (χ2n) is 6.29. The molecular formula is C21H19N3O3S. The summed E-state index contributed by atoms with van der Waals surface area (Å²) in [7, 11) is 0. The van der Waals surface area contributed by atoms with Crippen molar-refractivity contribution in [1.82, 2.24) is 9.88 Å². The van der Waals surface area contributed by atoms with E-state index in [0.29, 0.717) is 37.6 Å². The molecule has 4 rings (SSSR count). The first kappa shape index (κ1) is 18.3. The fourth-order valence-electron chi connectivity index (χ4n) is 3.00. The average molecular weight is 393 g/mol. The van der Waals surface area contributed by atoms with Crippen LogP contribution in [0, 0.1) is 0 Å². The van der Waals surface area contributed by atoms with Gasteiger partial charge in [0.1, 0.15) is 5.01 Å². The maximum Gasteiger partial charge on any atom is 0.256 e. The van der Waals surface area contributed by atoms with Gasteiger partial charge in [0.2, 0.25) is 5.91 Å². The van der Waals surface area contributed by atoms with Crippen LogP contribution in [-0.4, -0.2) is 48.0 Å². The number of hydrogen-bond donors (Lipinski definition) is 1. The Labute approximate surface area is 166 Å². The second kappa shape index (κ2) is 8.33. The Hall–Kier alpha value is -3.03. The molecule has 0 unspecified atom stereocenters. The van der Waals surface area contributed by atoms with Crippen molar-refractivity contribution in [1.29, 1.82) is 0 Å². The molecule has 0 aliphatic carbocycles. The minimum atomic E-state index is -0.304. The van der Waals surface area contributed by atoms with Crippen LogP contribution in [0.1, 0.15) is 15.4 Å². The number of aromatic nitrogens is 1. The molecule has 142 valence electrons. The molecule has 0 saturated carbocycles. The highest BCUT2D eigenvalue weighted by molar-refractivity contribution is 7.19. The van der Waals surface area contributed by atoms with Crippen LogP contribution in [0.5, 0.6) is 0 Å². The molecule has 1 aromatic heterocycles. The summed E-state index contributed by atoms with van der Waals surface area (Å²) < 4.78 is 6.37. The lowest BCUT2D eigenvalue weighted by atomic mass is 10.1. The van der Waals surface area contributed by atoms with Crippen LogP contribution in [0.3, 0.4) is 0 Å². The van der Waals surface area contributed by atoms with Crippen molar-refractivity contribution < 1.29 is 14.3 Å². The Morgan fingerprint density at radius 2 is 1.82 bits per heavy atom. The van der Waals surface area contributed by atoms with Gasteiger partial charge in [-0.15, -0.1) is 11.3 Å². The first-order chi connectivity index (χ1) is 13.7.